The molecule has 1 amide bonds. The molecule has 0 bridgehead atoms. The lowest BCUT2D eigenvalue weighted by molar-refractivity contribution is -0.124. The Labute approximate surface area is 96.5 Å². The lowest BCUT2D eigenvalue weighted by Gasteiger charge is -2.20. The van der Waals surface area contributed by atoms with Crippen molar-refractivity contribution < 1.29 is 4.79 Å². The van der Waals surface area contributed by atoms with Gasteiger partial charge >= 0.3 is 0 Å². The van der Waals surface area contributed by atoms with E-state index in [1.165, 1.54) is 25.7 Å². The second kappa shape index (κ2) is 3.88. The number of carbonyl (C=O) groups is 1. The van der Waals surface area contributed by atoms with Crippen molar-refractivity contribution in [3.63, 3.8) is 0 Å². The summed E-state index contributed by atoms with van der Waals surface area (Å²) in [5.41, 5.74) is 5.77. The van der Waals surface area contributed by atoms with Gasteiger partial charge in [-0.05, 0) is 43.9 Å². The van der Waals surface area contributed by atoms with Gasteiger partial charge in [0.15, 0.2) is 0 Å². The molecule has 2 saturated carbocycles. The number of hydrogen-bond donors (Lipinski definition) is 2. The number of amides is 1. The van der Waals surface area contributed by atoms with Gasteiger partial charge in [0.2, 0.25) is 5.91 Å². The van der Waals surface area contributed by atoms with Crippen LogP contribution in [0.1, 0.15) is 32.1 Å². The quantitative estimate of drug-likeness (QED) is 0.699. The van der Waals surface area contributed by atoms with Crippen molar-refractivity contribution in [1.82, 2.24) is 5.32 Å². The molecular formula is C13H20N2O. The molecule has 88 valence electrons. The van der Waals surface area contributed by atoms with E-state index in [4.69, 9.17) is 5.73 Å². The number of carbonyl (C=O) groups excluding carboxylic acids is 1. The van der Waals surface area contributed by atoms with Gasteiger partial charge in [-0.25, -0.2) is 0 Å². The Bertz CT molecular complexity index is 306. The number of nitrogens with one attached hydrogen (secondary N) is 1. The number of hydrogen-bond acceptors (Lipinski definition) is 2. The Morgan fingerprint density at radius 2 is 1.81 bits per heavy atom. The highest BCUT2D eigenvalue weighted by atomic mass is 16.1. The van der Waals surface area contributed by atoms with Crippen molar-refractivity contribution in [3.8, 4) is 0 Å². The van der Waals surface area contributed by atoms with E-state index in [0.29, 0.717) is 6.04 Å². The Morgan fingerprint density at radius 3 is 2.25 bits per heavy atom. The fraction of sp³-hybridized carbons (Fsp3) is 0.769. The SMILES string of the molecule is NC1C=CC(C(=O)NC(C2CC2)C2CC2)C1. The van der Waals surface area contributed by atoms with Gasteiger partial charge in [0, 0.05) is 12.1 Å². The van der Waals surface area contributed by atoms with Crippen LogP contribution < -0.4 is 11.1 Å². The maximum Gasteiger partial charge on any atom is 0.227 e. The van der Waals surface area contributed by atoms with Crippen LogP contribution in [-0.4, -0.2) is 18.0 Å². The zero-order chi connectivity index (χ0) is 11.1. The van der Waals surface area contributed by atoms with Gasteiger partial charge in [0.25, 0.3) is 0 Å². The van der Waals surface area contributed by atoms with Gasteiger partial charge in [0.1, 0.15) is 0 Å². The first-order chi connectivity index (χ1) is 7.74. The van der Waals surface area contributed by atoms with Gasteiger partial charge in [-0.1, -0.05) is 12.2 Å². The van der Waals surface area contributed by atoms with Crippen LogP contribution in [-0.2, 0) is 4.79 Å². The maximum absolute atomic E-state index is 12.0. The normalized spacial score (nSPS) is 33.4. The molecule has 0 saturated heterocycles. The zero-order valence-corrected chi connectivity index (χ0v) is 9.56. The molecular weight excluding hydrogens is 200 g/mol. The van der Waals surface area contributed by atoms with Gasteiger partial charge in [0.05, 0.1) is 5.92 Å². The van der Waals surface area contributed by atoms with Crippen LogP contribution >= 0.6 is 0 Å². The molecule has 0 aromatic rings. The van der Waals surface area contributed by atoms with Crippen LogP contribution in [0.4, 0.5) is 0 Å². The Hall–Kier alpha value is -0.830. The molecule has 3 N–H and O–H groups in total. The summed E-state index contributed by atoms with van der Waals surface area (Å²) in [5, 5.41) is 3.26. The average Bonchev–Trinajstić information content (AvgIpc) is 3.14. The van der Waals surface area contributed by atoms with Gasteiger partial charge in [-0.2, -0.15) is 0 Å². The van der Waals surface area contributed by atoms with Gasteiger partial charge < -0.3 is 11.1 Å². The molecule has 3 heteroatoms. The van der Waals surface area contributed by atoms with Crippen molar-refractivity contribution in [1.29, 1.82) is 0 Å². The highest BCUT2D eigenvalue weighted by Gasteiger charge is 2.42. The highest BCUT2D eigenvalue weighted by molar-refractivity contribution is 5.81. The molecule has 0 aromatic carbocycles. The van der Waals surface area contributed by atoms with E-state index in [-0.39, 0.29) is 17.9 Å². The average molecular weight is 220 g/mol. The van der Waals surface area contributed by atoms with Crippen LogP contribution in [0.5, 0.6) is 0 Å². The lowest BCUT2D eigenvalue weighted by Crippen LogP contribution is -2.41. The minimum absolute atomic E-state index is 0.0231. The molecule has 2 fully saturated rings. The summed E-state index contributed by atoms with van der Waals surface area (Å²) in [6.45, 7) is 0. The third kappa shape index (κ3) is 2.14. The Balaban J connectivity index is 1.56. The van der Waals surface area contributed by atoms with Crippen molar-refractivity contribution in [2.45, 2.75) is 44.2 Å². The van der Waals surface area contributed by atoms with E-state index in [0.717, 1.165) is 18.3 Å². The fourth-order valence-corrected chi connectivity index (χ4v) is 2.72. The summed E-state index contributed by atoms with van der Waals surface area (Å²) in [6, 6.07) is 0.550. The monoisotopic (exact) mass is 220 g/mol. The maximum atomic E-state index is 12.0. The molecule has 0 heterocycles. The minimum Gasteiger partial charge on any atom is -0.352 e. The number of rotatable bonds is 4. The molecule has 0 aromatic heterocycles. The molecule has 3 nitrogen and oxygen atoms in total. The second-order valence-corrected chi connectivity index (χ2v) is 5.60. The summed E-state index contributed by atoms with van der Waals surface area (Å²) in [4.78, 5) is 12.0. The third-order valence-electron chi connectivity index (χ3n) is 4.02. The van der Waals surface area contributed by atoms with E-state index in [1.54, 1.807) is 0 Å². The first-order valence-electron chi connectivity index (χ1n) is 6.48. The standard InChI is InChI=1S/C13H20N2O/c14-11-6-5-10(7-11)13(16)15-12(8-1-2-8)9-3-4-9/h5-6,8-12H,1-4,7,14H2,(H,15,16). The van der Waals surface area contributed by atoms with Crippen molar-refractivity contribution >= 4 is 5.91 Å². The van der Waals surface area contributed by atoms with Crippen LogP contribution in [0, 0.1) is 17.8 Å². The zero-order valence-electron chi connectivity index (χ0n) is 9.56. The summed E-state index contributed by atoms with van der Waals surface area (Å²) in [6.07, 6.45) is 9.93. The highest BCUT2D eigenvalue weighted by Crippen LogP contribution is 2.44. The van der Waals surface area contributed by atoms with E-state index in [2.05, 4.69) is 5.32 Å². The molecule has 2 unspecified atom stereocenters. The van der Waals surface area contributed by atoms with E-state index in [1.807, 2.05) is 12.2 Å². The molecule has 2 atom stereocenters. The summed E-state index contributed by atoms with van der Waals surface area (Å²) in [7, 11) is 0. The fourth-order valence-electron chi connectivity index (χ4n) is 2.72. The van der Waals surface area contributed by atoms with Crippen LogP contribution in [0.3, 0.4) is 0 Å². The molecule has 16 heavy (non-hydrogen) atoms. The molecule has 0 aliphatic heterocycles. The predicted octanol–water partition coefficient (Wildman–Crippen LogP) is 1.19. The summed E-state index contributed by atoms with van der Waals surface area (Å²) in [5.74, 6) is 1.77. The largest absolute Gasteiger partial charge is 0.352 e. The van der Waals surface area contributed by atoms with Crippen molar-refractivity contribution in [2.75, 3.05) is 0 Å². The first-order valence-corrected chi connectivity index (χ1v) is 6.48. The smallest absolute Gasteiger partial charge is 0.227 e. The Morgan fingerprint density at radius 1 is 1.19 bits per heavy atom. The second-order valence-electron chi connectivity index (χ2n) is 5.60. The van der Waals surface area contributed by atoms with E-state index >= 15 is 0 Å². The number of nitrogens with two attached hydrogens (primary N) is 1. The van der Waals surface area contributed by atoms with Crippen molar-refractivity contribution in [3.05, 3.63) is 12.2 Å². The van der Waals surface area contributed by atoms with E-state index in [9.17, 15) is 4.79 Å². The Kier molecular flexibility index (Phi) is 2.51. The molecule has 3 aliphatic carbocycles. The first kappa shape index (κ1) is 10.3. The topological polar surface area (TPSA) is 55.1 Å². The summed E-state index contributed by atoms with van der Waals surface area (Å²) < 4.78 is 0. The molecule has 3 rings (SSSR count). The van der Waals surface area contributed by atoms with Crippen molar-refractivity contribution in [2.24, 2.45) is 23.5 Å². The molecule has 0 spiro atoms. The third-order valence-corrected chi connectivity index (χ3v) is 4.02. The van der Waals surface area contributed by atoms with Gasteiger partial charge in [-0.15, -0.1) is 0 Å². The van der Waals surface area contributed by atoms with E-state index < -0.39 is 0 Å². The predicted molar refractivity (Wildman–Crippen MR) is 62.6 cm³/mol. The minimum atomic E-state index is 0.0231. The van der Waals surface area contributed by atoms with Crippen LogP contribution in [0.2, 0.25) is 0 Å². The lowest BCUT2D eigenvalue weighted by atomic mass is 10.0. The summed E-state index contributed by atoms with van der Waals surface area (Å²) >= 11 is 0. The van der Waals surface area contributed by atoms with Crippen LogP contribution in [0.25, 0.3) is 0 Å². The molecule has 3 aliphatic rings. The van der Waals surface area contributed by atoms with Gasteiger partial charge in [-0.3, -0.25) is 4.79 Å². The van der Waals surface area contributed by atoms with Crippen LogP contribution in [0.15, 0.2) is 12.2 Å². The molecule has 0 radical (unpaired) electrons.